The van der Waals surface area contributed by atoms with E-state index in [1.165, 1.54) is 0 Å². The summed E-state index contributed by atoms with van der Waals surface area (Å²) in [5.74, 6) is 0.832. The standard InChI is InChI=1S/C17H25NO3.2CH4/c1-10(2)5-12-9-18-4-3-11-6-16(20)17(21)7-13(11)14(18)8-15(12)19;;/h6-7,10,12,14-15,19-21H,3-5,8-9H2,1-2H3;2*1H4/t12-,14+,15?;;/m0../s1. The maximum absolute atomic E-state index is 10.5. The van der Waals surface area contributed by atoms with Crippen LogP contribution in [0.15, 0.2) is 12.1 Å². The summed E-state index contributed by atoms with van der Waals surface area (Å²) in [6.45, 7) is 6.28. The third-order valence-corrected chi connectivity index (χ3v) is 4.96. The molecule has 1 aromatic carbocycles. The summed E-state index contributed by atoms with van der Waals surface area (Å²) in [6.07, 6.45) is 2.38. The van der Waals surface area contributed by atoms with E-state index < -0.39 is 0 Å². The summed E-state index contributed by atoms with van der Waals surface area (Å²) < 4.78 is 0. The number of hydrogen-bond acceptors (Lipinski definition) is 4. The fourth-order valence-corrected chi connectivity index (χ4v) is 3.96. The Hall–Kier alpha value is -1.26. The van der Waals surface area contributed by atoms with E-state index in [-0.39, 0.29) is 38.5 Å². The van der Waals surface area contributed by atoms with Gasteiger partial charge in [0.15, 0.2) is 11.5 Å². The minimum absolute atomic E-state index is 0. The zero-order valence-corrected chi connectivity index (χ0v) is 12.8. The zero-order chi connectivity index (χ0) is 15.1. The van der Waals surface area contributed by atoms with Gasteiger partial charge in [0.2, 0.25) is 0 Å². The molecule has 1 fully saturated rings. The minimum atomic E-state index is -0.282. The number of benzene rings is 1. The van der Waals surface area contributed by atoms with Crippen LogP contribution in [0.5, 0.6) is 11.5 Å². The molecule has 4 heteroatoms. The average molecular weight is 323 g/mol. The molecular formula is C19H33NO3. The van der Waals surface area contributed by atoms with Crippen molar-refractivity contribution in [1.82, 2.24) is 4.90 Å². The molecule has 0 amide bonds. The van der Waals surface area contributed by atoms with Gasteiger partial charge in [0.25, 0.3) is 0 Å². The second-order valence-electron chi connectivity index (χ2n) is 6.99. The third-order valence-electron chi connectivity index (χ3n) is 4.96. The first-order valence-electron chi connectivity index (χ1n) is 7.92. The van der Waals surface area contributed by atoms with E-state index in [9.17, 15) is 15.3 Å². The van der Waals surface area contributed by atoms with Gasteiger partial charge in [-0.2, -0.15) is 0 Å². The molecule has 2 heterocycles. The summed E-state index contributed by atoms with van der Waals surface area (Å²) in [5, 5.41) is 29.9. The van der Waals surface area contributed by atoms with Gasteiger partial charge in [-0.1, -0.05) is 28.7 Å². The number of nitrogens with zero attached hydrogens (tertiary/aromatic N) is 1. The number of fused-ring (bicyclic) bond motifs is 3. The molecule has 0 bridgehead atoms. The van der Waals surface area contributed by atoms with Gasteiger partial charge < -0.3 is 15.3 Å². The molecule has 0 saturated carbocycles. The van der Waals surface area contributed by atoms with Crippen LogP contribution >= 0.6 is 0 Å². The Kier molecular flexibility index (Phi) is 6.49. The van der Waals surface area contributed by atoms with Crippen molar-refractivity contribution in [3.05, 3.63) is 23.3 Å². The van der Waals surface area contributed by atoms with Crippen LogP contribution in [0.1, 0.15) is 58.7 Å². The number of hydrogen-bond donors (Lipinski definition) is 3. The van der Waals surface area contributed by atoms with Crippen LogP contribution in [0.2, 0.25) is 0 Å². The molecule has 132 valence electrons. The van der Waals surface area contributed by atoms with E-state index in [1.807, 2.05) is 0 Å². The number of phenols is 2. The molecule has 3 N–H and O–H groups in total. The number of aliphatic hydroxyl groups is 1. The molecule has 3 atom stereocenters. The molecule has 0 aromatic heterocycles. The molecule has 3 rings (SSSR count). The first-order valence-corrected chi connectivity index (χ1v) is 7.92. The Morgan fingerprint density at radius 1 is 1.17 bits per heavy atom. The lowest BCUT2D eigenvalue weighted by Crippen LogP contribution is -2.48. The molecule has 0 aliphatic carbocycles. The molecule has 1 saturated heterocycles. The average Bonchev–Trinajstić information content (AvgIpc) is 2.41. The second-order valence-corrected chi connectivity index (χ2v) is 6.99. The van der Waals surface area contributed by atoms with Gasteiger partial charge in [0.05, 0.1) is 6.10 Å². The predicted molar refractivity (Wildman–Crippen MR) is 94.8 cm³/mol. The van der Waals surface area contributed by atoms with E-state index in [0.29, 0.717) is 18.3 Å². The first-order chi connectivity index (χ1) is 9.95. The van der Waals surface area contributed by atoms with Gasteiger partial charge in [-0.3, -0.25) is 4.90 Å². The fourth-order valence-electron chi connectivity index (χ4n) is 3.96. The molecule has 0 spiro atoms. The summed E-state index contributed by atoms with van der Waals surface area (Å²) in [5.41, 5.74) is 2.17. The Bertz CT molecular complexity index is 530. The van der Waals surface area contributed by atoms with Crippen LogP contribution in [0, 0.1) is 11.8 Å². The SMILES string of the molecule is C.C.CC(C)C[C@H]1CN2CCc3cc(O)c(O)cc3[C@H]2CC1O. The van der Waals surface area contributed by atoms with Crippen LogP contribution in [-0.4, -0.2) is 39.4 Å². The second kappa shape index (κ2) is 7.54. The zero-order valence-electron chi connectivity index (χ0n) is 12.8. The van der Waals surface area contributed by atoms with Crippen LogP contribution in [0.3, 0.4) is 0 Å². The monoisotopic (exact) mass is 323 g/mol. The van der Waals surface area contributed by atoms with Crippen LogP contribution in [0.25, 0.3) is 0 Å². The maximum atomic E-state index is 10.5. The highest BCUT2D eigenvalue weighted by atomic mass is 16.3. The van der Waals surface area contributed by atoms with Gasteiger partial charge in [-0.25, -0.2) is 0 Å². The smallest absolute Gasteiger partial charge is 0.157 e. The molecular weight excluding hydrogens is 290 g/mol. The molecule has 1 unspecified atom stereocenters. The molecule has 2 aliphatic heterocycles. The van der Waals surface area contributed by atoms with Crippen LogP contribution in [0.4, 0.5) is 0 Å². The van der Waals surface area contributed by atoms with Crippen molar-refractivity contribution in [2.24, 2.45) is 11.8 Å². The van der Waals surface area contributed by atoms with Crippen molar-refractivity contribution in [3.8, 4) is 11.5 Å². The van der Waals surface area contributed by atoms with Gasteiger partial charge in [0.1, 0.15) is 0 Å². The minimum Gasteiger partial charge on any atom is -0.504 e. The Morgan fingerprint density at radius 3 is 2.48 bits per heavy atom. The van der Waals surface area contributed by atoms with E-state index in [0.717, 1.165) is 37.1 Å². The quantitative estimate of drug-likeness (QED) is 0.726. The van der Waals surface area contributed by atoms with Gasteiger partial charge in [-0.05, 0) is 54.4 Å². The highest BCUT2D eigenvalue weighted by Crippen LogP contribution is 2.42. The van der Waals surface area contributed by atoms with Gasteiger partial charge in [-0.15, -0.1) is 0 Å². The van der Waals surface area contributed by atoms with E-state index in [2.05, 4.69) is 18.7 Å². The first kappa shape index (κ1) is 19.8. The van der Waals surface area contributed by atoms with Crippen molar-refractivity contribution in [2.45, 2.75) is 60.1 Å². The topological polar surface area (TPSA) is 63.9 Å². The molecule has 0 radical (unpaired) electrons. The Morgan fingerprint density at radius 2 is 1.83 bits per heavy atom. The number of piperidine rings is 1. The molecule has 2 aliphatic rings. The molecule has 1 aromatic rings. The number of phenolic OH excluding ortho intramolecular Hbond substituents is 2. The number of aromatic hydroxyl groups is 2. The maximum Gasteiger partial charge on any atom is 0.157 e. The summed E-state index contributed by atoms with van der Waals surface area (Å²) in [6, 6.07) is 3.52. The van der Waals surface area contributed by atoms with Crippen LogP contribution in [-0.2, 0) is 6.42 Å². The Labute approximate surface area is 140 Å². The van der Waals surface area contributed by atoms with E-state index in [1.54, 1.807) is 12.1 Å². The van der Waals surface area contributed by atoms with Crippen molar-refractivity contribution in [1.29, 1.82) is 0 Å². The van der Waals surface area contributed by atoms with Crippen molar-refractivity contribution < 1.29 is 15.3 Å². The number of aliphatic hydroxyl groups excluding tert-OH is 1. The van der Waals surface area contributed by atoms with E-state index in [4.69, 9.17) is 0 Å². The fraction of sp³-hybridized carbons (Fsp3) is 0.684. The highest BCUT2D eigenvalue weighted by Gasteiger charge is 2.38. The summed E-state index contributed by atoms with van der Waals surface area (Å²) >= 11 is 0. The van der Waals surface area contributed by atoms with E-state index >= 15 is 0 Å². The largest absolute Gasteiger partial charge is 0.504 e. The lowest BCUT2D eigenvalue weighted by atomic mass is 9.79. The van der Waals surface area contributed by atoms with Crippen molar-refractivity contribution >= 4 is 0 Å². The predicted octanol–water partition coefficient (Wildman–Crippen LogP) is 3.70. The van der Waals surface area contributed by atoms with Gasteiger partial charge >= 0.3 is 0 Å². The molecule has 4 nitrogen and oxygen atoms in total. The lowest BCUT2D eigenvalue weighted by Gasteiger charge is -2.46. The van der Waals surface area contributed by atoms with Crippen molar-refractivity contribution in [2.75, 3.05) is 13.1 Å². The normalized spacial score (nSPS) is 26.7. The van der Waals surface area contributed by atoms with Gasteiger partial charge in [0, 0.05) is 19.1 Å². The lowest BCUT2D eigenvalue weighted by molar-refractivity contribution is -0.0191. The van der Waals surface area contributed by atoms with Crippen molar-refractivity contribution in [3.63, 3.8) is 0 Å². The molecule has 23 heavy (non-hydrogen) atoms. The number of rotatable bonds is 2. The highest BCUT2D eigenvalue weighted by molar-refractivity contribution is 5.48. The van der Waals surface area contributed by atoms with Crippen LogP contribution < -0.4 is 0 Å². The third kappa shape index (κ3) is 3.81. The summed E-state index contributed by atoms with van der Waals surface area (Å²) in [4.78, 5) is 2.43. The summed E-state index contributed by atoms with van der Waals surface area (Å²) in [7, 11) is 0. The Balaban J connectivity index is 0.00000132.